The van der Waals surface area contributed by atoms with E-state index >= 15 is 0 Å². The summed E-state index contributed by atoms with van der Waals surface area (Å²) in [6, 6.07) is -1.27. The molecule has 1 unspecified atom stereocenters. The SMILES string of the molecule is CCOC(=O)NC(CCC(=O)OC)C(=O)[O-]. The van der Waals surface area contributed by atoms with Gasteiger partial charge in [0.15, 0.2) is 0 Å². The first kappa shape index (κ1) is 14.2. The van der Waals surface area contributed by atoms with Gasteiger partial charge in [-0.2, -0.15) is 0 Å². The molecule has 16 heavy (non-hydrogen) atoms. The largest absolute Gasteiger partial charge is 0.548 e. The van der Waals surface area contributed by atoms with Crippen LogP contribution in [0.25, 0.3) is 0 Å². The maximum Gasteiger partial charge on any atom is 0.407 e. The maximum absolute atomic E-state index is 10.9. The molecule has 0 aromatic rings. The van der Waals surface area contributed by atoms with Crippen LogP contribution in [0.3, 0.4) is 0 Å². The molecule has 0 saturated carbocycles. The third-order valence-electron chi connectivity index (χ3n) is 1.72. The summed E-state index contributed by atoms with van der Waals surface area (Å²) in [7, 11) is 1.19. The number of carbonyl (C=O) groups excluding carboxylic acids is 3. The highest BCUT2D eigenvalue weighted by atomic mass is 16.5. The number of amides is 1. The summed E-state index contributed by atoms with van der Waals surface area (Å²) in [6.07, 6.45) is -1.09. The minimum Gasteiger partial charge on any atom is -0.548 e. The quantitative estimate of drug-likeness (QED) is 0.577. The monoisotopic (exact) mass is 232 g/mol. The zero-order chi connectivity index (χ0) is 12.6. The fourth-order valence-electron chi connectivity index (χ4n) is 0.928. The molecular formula is C9H14NO6-. The van der Waals surface area contributed by atoms with E-state index in [9.17, 15) is 19.5 Å². The standard InChI is InChI=1S/C9H15NO6/c1-3-16-9(14)10-6(8(12)13)4-5-7(11)15-2/h6H,3-5H2,1-2H3,(H,10,14)(H,12,13)/p-1. The number of methoxy groups -OCH3 is 1. The van der Waals surface area contributed by atoms with Crippen LogP contribution in [0.4, 0.5) is 4.79 Å². The lowest BCUT2D eigenvalue weighted by molar-refractivity contribution is -0.308. The Kier molecular flexibility index (Phi) is 6.66. The second-order valence-electron chi connectivity index (χ2n) is 2.85. The van der Waals surface area contributed by atoms with E-state index in [1.807, 2.05) is 0 Å². The van der Waals surface area contributed by atoms with Crippen LogP contribution in [0.2, 0.25) is 0 Å². The van der Waals surface area contributed by atoms with Crippen molar-refractivity contribution in [2.75, 3.05) is 13.7 Å². The Bertz CT molecular complexity index is 265. The molecule has 7 nitrogen and oxygen atoms in total. The normalized spacial score (nSPS) is 11.4. The van der Waals surface area contributed by atoms with Crippen molar-refractivity contribution in [3.05, 3.63) is 0 Å². The lowest BCUT2D eigenvalue weighted by Gasteiger charge is -2.18. The molecule has 7 heteroatoms. The minimum absolute atomic E-state index is 0.103. The molecule has 0 heterocycles. The Hall–Kier alpha value is -1.79. The van der Waals surface area contributed by atoms with Crippen LogP contribution in [-0.4, -0.2) is 37.8 Å². The van der Waals surface area contributed by atoms with Crippen LogP contribution < -0.4 is 10.4 Å². The van der Waals surface area contributed by atoms with E-state index in [-0.39, 0.29) is 19.4 Å². The first-order valence-corrected chi connectivity index (χ1v) is 4.72. The summed E-state index contributed by atoms with van der Waals surface area (Å²) in [5.41, 5.74) is 0. The van der Waals surface area contributed by atoms with E-state index in [0.717, 1.165) is 0 Å². The van der Waals surface area contributed by atoms with Gasteiger partial charge in [-0.1, -0.05) is 0 Å². The molecule has 0 aromatic heterocycles. The predicted octanol–water partition coefficient (Wildman–Crippen LogP) is -1.20. The van der Waals surface area contributed by atoms with Crippen molar-refractivity contribution in [3.8, 4) is 0 Å². The zero-order valence-corrected chi connectivity index (χ0v) is 9.15. The van der Waals surface area contributed by atoms with Crippen molar-refractivity contribution >= 4 is 18.0 Å². The third-order valence-corrected chi connectivity index (χ3v) is 1.72. The number of nitrogens with one attached hydrogen (secondary N) is 1. The molecule has 0 rings (SSSR count). The molecule has 1 N–H and O–H groups in total. The first-order valence-electron chi connectivity index (χ1n) is 4.72. The second-order valence-corrected chi connectivity index (χ2v) is 2.85. The summed E-state index contributed by atoms with van der Waals surface area (Å²) in [5.74, 6) is -2.03. The van der Waals surface area contributed by atoms with E-state index in [1.54, 1.807) is 6.92 Å². The summed E-state index contributed by atoms with van der Waals surface area (Å²) in [5, 5.41) is 12.7. The number of carboxylic acids is 1. The number of rotatable bonds is 6. The maximum atomic E-state index is 10.9. The number of ether oxygens (including phenoxy) is 2. The van der Waals surface area contributed by atoms with Crippen LogP contribution in [0.15, 0.2) is 0 Å². The van der Waals surface area contributed by atoms with Crippen molar-refractivity contribution < 1.29 is 29.0 Å². The molecule has 0 aromatic carbocycles. The van der Waals surface area contributed by atoms with Crippen molar-refractivity contribution in [2.45, 2.75) is 25.8 Å². The molecule has 1 amide bonds. The van der Waals surface area contributed by atoms with Gasteiger partial charge in [0.25, 0.3) is 0 Å². The number of hydrogen-bond donors (Lipinski definition) is 1. The highest BCUT2D eigenvalue weighted by Crippen LogP contribution is 1.99. The molecule has 0 aliphatic rings. The summed E-state index contributed by atoms with van der Waals surface area (Å²) in [4.78, 5) is 32.3. The van der Waals surface area contributed by atoms with Crippen molar-refractivity contribution in [3.63, 3.8) is 0 Å². The molecule has 92 valence electrons. The van der Waals surface area contributed by atoms with E-state index in [2.05, 4.69) is 14.8 Å². The van der Waals surface area contributed by atoms with E-state index < -0.39 is 24.1 Å². The lowest BCUT2D eigenvalue weighted by Crippen LogP contribution is -2.48. The lowest BCUT2D eigenvalue weighted by atomic mass is 10.1. The molecule has 0 aliphatic heterocycles. The van der Waals surface area contributed by atoms with Crippen LogP contribution in [0, 0.1) is 0 Å². The molecule has 0 fully saturated rings. The Morgan fingerprint density at radius 2 is 2.00 bits per heavy atom. The number of carbonyl (C=O) groups is 3. The van der Waals surface area contributed by atoms with E-state index in [4.69, 9.17) is 0 Å². The Balaban J connectivity index is 4.12. The van der Waals surface area contributed by atoms with Gasteiger partial charge < -0.3 is 24.7 Å². The van der Waals surface area contributed by atoms with Crippen LogP contribution in [0.1, 0.15) is 19.8 Å². The summed E-state index contributed by atoms with van der Waals surface area (Å²) >= 11 is 0. The number of hydrogen-bond acceptors (Lipinski definition) is 6. The number of esters is 1. The van der Waals surface area contributed by atoms with Crippen LogP contribution in [0.5, 0.6) is 0 Å². The smallest absolute Gasteiger partial charge is 0.407 e. The predicted molar refractivity (Wildman–Crippen MR) is 50.2 cm³/mol. The van der Waals surface area contributed by atoms with Gasteiger partial charge in [0.05, 0.1) is 25.7 Å². The Morgan fingerprint density at radius 1 is 1.38 bits per heavy atom. The highest BCUT2D eigenvalue weighted by molar-refractivity contribution is 5.79. The minimum atomic E-state index is -1.48. The van der Waals surface area contributed by atoms with Crippen molar-refractivity contribution in [1.29, 1.82) is 0 Å². The fraction of sp³-hybridized carbons (Fsp3) is 0.667. The van der Waals surface area contributed by atoms with Crippen LogP contribution in [-0.2, 0) is 19.1 Å². The van der Waals surface area contributed by atoms with Gasteiger partial charge in [-0.3, -0.25) is 4.79 Å². The van der Waals surface area contributed by atoms with Gasteiger partial charge in [0.1, 0.15) is 0 Å². The Morgan fingerprint density at radius 3 is 2.44 bits per heavy atom. The topological polar surface area (TPSA) is 105 Å². The average Bonchev–Trinajstić information content (AvgIpc) is 2.23. The van der Waals surface area contributed by atoms with Gasteiger partial charge in [0.2, 0.25) is 0 Å². The fourth-order valence-corrected chi connectivity index (χ4v) is 0.928. The summed E-state index contributed by atoms with van der Waals surface area (Å²) < 4.78 is 8.83. The van der Waals surface area contributed by atoms with Gasteiger partial charge in [-0.05, 0) is 13.3 Å². The first-order chi connectivity index (χ1) is 7.51. The average molecular weight is 232 g/mol. The van der Waals surface area contributed by atoms with E-state index in [0.29, 0.717) is 0 Å². The Labute approximate surface area is 92.7 Å². The molecule has 0 bridgehead atoms. The second kappa shape index (κ2) is 7.49. The van der Waals surface area contributed by atoms with Crippen LogP contribution >= 0.6 is 0 Å². The molecule has 0 radical (unpaired) electrons. The van der Waals surface area contributed by atoms with Crippen molar-refractivity contribution in [2.24, 2.45) is 0 Å². The van der Waals surface area contributed by atoms with Crippen molar-refractivity contribution in [1.82, 2.24) is 5.32 Å². The molecule has 0 spiro atoms. The van der Waals surface area contributed by atoms with Gasteiger partial charge >= 0.3 is 12.1 Å². The molecular weight excluding hydrogens is 218 g/mol. The zero-order valence-electron chi connectivity index (χ0n) is 9.15. The van der Waals surface area contributed by atoms with Gasteiger partial charge in [-0.25, -0.2) is 4.79 Å². The molecule has 0 aliphatic carbocycles. The molecule has 1 atom stereocenters. The van der Waals surface area contributed by atoms with E-state index in [1.165, 1.54) is 7.11 Å². The summed E-state index contributed by atoms with van der Waals surface area (Å²) in [6.45, 7) is 1.71. The third kappa shape index (κ3) is 5.84. The van der Waals surface area contributed by atoms with Gasteiger partial charge in [0, 0.05) is 6.42 Å². The number of carboxylic acid groups (broad SMARTS) is 1. The molecule has 0 saturated heterocycles. The van der Waals surface area contributed by atoms with Gasteiger partial charge in [-0.15, -0.1) is 0 Å². The highest BCUT2D eigenvalue weighted by Gasteiger charge is 2.15. The number of alkyl carbamates (subject to hydrolysis) is 1. The number of aliphatic carboxylic acids is 1.